The van der Waals surface area contributed by atoms with E-state index in [1.807, 2.05) is 0 Å². The molecule has 0 spiro atoms. The summed E-state index contributed by atoms with van der Waals surface area (Å²) >= 11 is 0. The van der Waals surface area contributed by atoms with Gasteiger partial charge in [0.25, 0.3) is 6.43 Å². The number of nitrogens with zero attached hydrogens (tertiary/aromatic N) is 1. The van der Waals surface area contributed by atoms with Crippen LogP contribution < -0.4 is 10.5 Å². The van der Waals surface area contributed by atoms with Gasteiger partial charge < -0.3 is 15.2 Å². The van der Waals surface area contributed by atoms with E-state index in [1.165, 1.54) is 0 Å². The highest BCUT2D eigenvalue weighted by atomic mass is 19.4. The Morgan fingerprint density at radius 2 is 2.05 bits per heavy atom. The lowest BCUT2D eigenvalue weighted by Gasteiger charge is -2.15. The Morgan fingerprint density at radius 3 is 2.45 bits per heavy atom. The van der Waals surface area contributed by atoms with Gasteiger partial charge in [-0.15, -0.1) is 13.2 Å². The van der Waals surface area contributed by atoms with Crippen LogP contribution in [0.25, 0.3) is 0 Å². The summed E-state index contributed by atoms with van der Waals surface area (Å²) < 4.78 is 69.7. The number of nitrogens with two attached hydrogens (primary N) is 1. The summed E-state index contributed by atoms with van der Waals surface area (Å²) in [5.74, 6) is -2.39. The van der Waals surface area contributed by atoms with Crippen LogP contribution in [0.2, 0.25) is 0 Å². The van der Waals surface area contributed by atoms with Crippen LogP contribution >= 0.6 is 0 Å². The molecule has 0 fully saturated rings. The number of alkyl halides is 5. The summed E-state index contributed by atoms with van der Waals surface area (Å²) in [7, 11) is 0.861. The molecule has 0 aliphatic rings. The lowest BCUT2D eigenvalue weighted by atomic mass is 10.1. The van der Waals surface area contributed by atoms with Gasteiger partial charge in [0.05, 0.1) is 7.11 Å². The molecule has 20 heavy (non-hydrogen) atoms. The normalized spacial score (nSPS) is 11.6. The van der Waals surface area contributed by atoms with E-state index in [1.54, 1.807) is 0 Å². The summed E-state index contributed by atoms with van der Waals surface area (Å²) in [6, 6.07) is 0.592. The minimum Gasteiger partial charge on any atom is -0.464 e. The van der Waals surface area contributed by atoms with E-state index >= 15 is 0 Å². The number of esters is 1. The molecule has 1 aromatic heterocycles. The maximum Gasteiger partial charge on any atom is 0.573 e. The van der Waals surface area contributed by atoms with Gasteiger partial charge in [0.1, 0.15) is 5.69 Å². The van der Waals surface area contributed by atoms with Gasteiger partial charge in [-0.3, -0.25) is 0 Å². The minimum absolute atomic E-state index is 0.369. The number of methoxy groups -OCH3 is 1. The van der Waals surface area contributed by atoms with Crippen molar-refractivity contribution in [3.8, 4) is 5.75 Å². The zero-order chi connectivity index (χ0) is 15.5. The first kappa shape index (κ1) is 16.1. The second-order valence-electron chi connectivity index (χ2n) is 3.42. The van der Waals surface area contributed by atoms with Gasteiger partial charge in [-0.05, 0) is 11.6 Å². The lowest BCUT2D eigenvalue weighted by molar-refractivity contribution is -0.274. The van der Waals surface area contributed by atoms with E-state index in [2.05, 4.69) is 14.5 Å². The predicted octanol–water partition coefficient (Wildman–Crippen LogP) is 2.16. The molecular weight excluding hydrogens is 291 g/mol. The fraction of sp³-hybridized carbons (Fsp3) is 0.400. The molecule has 0 amide bonds. The number of ether oxygens (including phenoxy) is 2. The third-order valence-electron chi connectivity index (χ3n) is 2.13. The van der Waals surface area contributed by atoms with Gasteiger partial charge >= 0.3 is 12.3 Å². The smallest absolute Gasteiger partial charge is 0.464 e. The van der Waals surface area contributed by atoms with Crippen molar-refractivity contribution in [2.45, 2.75) is 19.3 Å². The summed E-state index contributed by atoms with van der Waals surface area (Å²) in [5.41, 5.74) is 2.88. The van der Waals surface area contributed by atoms with Crippen LogP contribution in [0.3, 0.4) is 0 Å². The highest BCUT2D eigenvalue weighted by Gasteiger charge is 2.35. The number of pyridine rings is 1. The monoisotopic (exact) mass is 300 g/mol. The van der Waals surface area contributed by atoms with Crippen LogP contribution in [-0.4, -0.2) is 24.4 Å². The Balaban J connectivity index is 3.43. The zero-order valence-electron chi connectivity index (χ0n) is 10.0. The molecule has 0 unspecified atom stereocenters. The number of carbonyl (C=O) groups excluding carboxylic acids is 1. The molecule has 0 aromatic carbocycles. The molecule has 0 saturated heterocycles. The van der Waals surface area contributed by atoms with Gasteiger partial charge in [0, 0.05) is 6.54 Å². The molecule has 2 N–H and O–H groups in total. The molecule has 1 aromatic rings. The molecule has 1 rings (SSSR count). The van der Waals surface area contributed by atoms with E-state index < -0.39 is 42.4 Å². The second-order valence-corrected chi connectivity index (χ2v) is 3.42. The quantitative estimate of drug-likeness (QED) is 0.681. The number of halogens is 5. The Kier molecular flexibility index (Phi) is 4.82. The van der Waals surface area contributed by atoms with Crippen LogP contribution in [0.1, 0.15) is 28.2 Å². The fourth-order valence-corrected chi connectivity index (χ4v) is 1.35. The molecule has 0 bridgehead atoms. The summed E-state index contributed by atoms with van der Waals surface area (Å²) in [6.45, 7) is -0.498. The maximum absolute atomic E-state index is 12.7. The first-order valence-electron chi connectivity index (χ1n) is 5.05. The van der Waals surface area contributed by atoms with Crippen LogP contribution in [0.4, 0.5) is 22.0 Å². The Bertz CT molecular complexity index is 504. The Hall–Kier alpha value is -1.97. The van der Waals surface area contributed by atoms with E-state index in [0.717, 1.165) is 7.11 Å². The summed E-state index contributed by atoms with van der Waals surface area (Å²) in [6.07, 6.45) is -8.24. The van der Waals surface area contributed by atoms with E-state index in [4.69, 9.17) is 5.73 Å². The van der Waals surface area contributed by atoms with Gasteiger partial charge in [-0.2, -0.15) is 0 Å². The van der Waals surface area contributed by atoms with E-state index in [-0.39, 0.29) is 5.56 Å². The molecule has 0 atom stereocenters. The molecular formula is C10H9F5N2O3. The summed E-state index contributed by atoms with van der Waals surface area (Å²) in [5, 5.41) is 0. The zero-order valence-corrected chi connectivity index (χ0v) is 10.0. The Labute approximate surface area is 109 Å². The topological polar surface area (TPSA) is 74.4 Å². The van der Waals surface area contributed by atoms with E-state index in [9.17, 15) is 26.7 Å². The highest BCUT2D eigenvalue weighted by Crippen LogP contribution is 2.31. The number of aromatic nitrogens is 1. The molecule has 1 heterocycles. The van der Waals surface area contributed by atoms with E-state index in [0.29, 0.717) is 6.07 Å². The van der Waals surface area contributed by atoms with Crippen molar-refractivity contribution in [3.63, 3.8) is 0 Å². The van der Waals surface area contributed by atoms with Gasteiger partial charge in [-0.1, -0.05) is 0 Å². The fourth-order valence-electron chi connectivity index (χ4n) is 1.35. The Morgan fingerprint density at radius 1 is 1.45 bits per heavy atom. The lowest BCUT2D eigenvalue weighted by Crippen LogP contribution is -2.21. The number of hydrogen-bond acceptors (Lipinski definition) is 5. The second kappa shape index (κ2) is 5.99. The SMILES string of the molecule is COC(=O)c1nc(C(F)F)c(CN)cc1OC(F)(F)F. The largest absolute Gasteiger partial charge is 0.573 e. The van der Waals surface area contributed by atoms with Crippen LogP contribution in [0.15, 0.2) is 6.07 Å². The first-order chi connectivity index (χ1) is 9.19. The highest BCUT2D eigenvalue weighted by molar-refractivity contribution is 5.90. The first-order valence-corrected chi connectivity index (χ1v) is 5.05. The predicted molar refractivity (Wildman–Crippen MR) is 55.1 cm³/mol. The molecule has 0 saturated carbocycles. The molecule has 0 radical (unpaired) electrons. The third-order valence-corrected chi connectivity index (χ3v) is 2.13. The van der Waals surface area contributed by atoms with Gasteiger partial charge in [0.15, 0.2) is 11.4 Å². The van der Waals surface area contributed by atoms with Crippen molar-refractivity contribution in [1.29, 1.82) is 0 Å². The third kappa shape index (κ3) is 3.76. The van der Waals surface area contributed by atoms with Crippen molar-refractivity contribution >= 4 is 5.97 Å². The summed E-state index contributed by atoms with van der Waals surface area (Å²) in [4.78, 5) is 14.5. The number of carbonyl (C=O) groups is 1. The van der Waals surface area contributed by atoms with Crippen molar-refractivity contribution in [1.82, 2.24) is 4.98 Å². The number of hydrogen-bond donors (Lipinski definition) is 1. The molecule has 10 heteroatoms. The van der Waals surface area contributed by atoms with Crippen LogP contribution in [-0.2, 0) is 11.3 Å². The van der Waals surface area contributed by atoms with Crippen molar-refractivity contribution < 1.29 is 36.2 Å². The number of rotatable bonds is 4. The molecule has 0 aliphatic carbocycles. The average molecular weight is 300 g/mol. The minimum atomic E-state index is -5.12. The molecule has 112 valence electrons. The standard InChI is InChI=1S/C10H9F5N2O3/c1-19-9(18)7-5(20-10(13,14)15)2-4(3-16)6(17-7)8(11)12/h2,8H,3,16H2,1H3. The van der Waals surface area contributed by atoms with Crippen LogP contribution in [0, 0.1) is 0 Å². The maximum atomic E-state index is 12.7. The van der Waals surface area contributed by atoms with Crippen molar-refractivity contribution in [2.75, 3.05) is 7.11 Å². The van der Waals surface area contributed by atoms with Crippen LogP contribution in [0.5, 0.6) is 5.75 Å². The average Bonchev–Trinajstić information content (AvgIpc) is 2.35. The van der Waals surface area contributed by atoms with Gasteiger partial charge in [0.2, 0.25) is 0 Å². The molecule has 0 aliphatic heterocycles. The molecule has 5 nitrogen and oxygen atoms in total. The van der Waals surface area contributed by atoms with Crippen molar-refractivity contribution in [2.24, 2.45) is 5.73 Å². The van der Waals surface area contributed by atoms with Crippen molar-refractivity contribution in [3.05, 3.63) is 23.0 Å². The van der Waals surface area contributed by atoms with Gasteiger partial charge in [-0.25, -0.2) is 18.6 Å².